The van der Waals surface area contributed by atoms with Gasteiger partial charge in [-0.05, 0) is 96.6 Å². The highest BCUT2D eigenvalue weighted by Gasteiger charge is 2.52. The van der Waals surface area contributed by atoms with E-state index < -0.39 is 5.97 Å². The molecule has 5 heteroatoms. The lowest BCUT2D eigenvalue weighted by molar-refractivity contribution is -0.131. The van der Waals surface area contributed by atoms with E-state index in [1.54, 1.807) is 6.08 Å². The fraction of sp³-hybridized carbons (Fsp3) is 0.423. The third-order valence-corrected chi connectivity index (χ3v) is 7.54. The fourth-order valence-electron chi connectivity index (χ4n) is 6.75. The Labute approximate surface area is 182 Å². The van der Waals surface area contributed by atoms with Crippen LogP contribution in [0.5, 0.6) is 5.75 Å². The summed E-state index contributed by atoms with van der Waals surface area (Å²) in [5.41, 5.74) is 6.69. The number of carboxylic acid groups (broad SMARTS) is 1. The number of hydrogen-bond donors (Lipinski definition) is 3. The second-order valence-corrected chi connectivity index (χ2v) is 9.65. The fourth-order valence-corrected chi connectivity index (χ4v) is 6.75. The Morgan fingerprint density at radius 2 is 1.61 bits per heavy atom. The Hall–Kier alpha value is -2.63. The Bertz CT molecular complexity index is 960. The smallest absolute Gasteiger partial charge is 0.328 e. The maximum Gasteiger partial charge on any atom is 0.328 e. The molecule has 0 unspecified atom stereocenters. The van der Waals surface area contributed by atoms with Crippen LogP contribution in [0, 0.1) is 17.8 Å². The summed E-state index contributed by atoms with van der Waals surface area (Å²) in [6.45, 7) is 0.0727. The van der Waals surface area contributed by atoms with Gasteiger partial charge in [0, 0.05) is 11.6 Å². The number of carboxylic acids is 1. The van der Waals surface area contributed by atoms with E-state index in [-0.39, 0.29) is 12.1 Å². The SMILES string of the molecule is O=C(O)C=Cc1ccc(-c2ccc(OCNO)c(C34CC5CC(CC(C5)C3)C4)c2)cc1. The third kappa shape index (κ3) is 4.00. The highest BCUT2D eigenvalue weighted by atomic mass is 16.6. The van der Waals surface area contributed by atoms with Crippen molar-refractivity contribution in [2.45, 2.75) is 43.9 Å². The molecule has 0 amide bonds. The van der Waals surface area contributed by atoms with E-state index in [1.807, 2.05) is 30.3 Å². The van der Waals surface area contributed by atoms with Gasteiger partial charge in [0.15, 0.2) is 6.73 Å². The minimum Gasteiger partial charge on any atom is -0.478 e. The van der Waals surface area contributed by atoms with Gasteiger partial charge in [-0.25, -0.2) is 4.79 Å². The van der Waals surface area contributed by atoms with Gasteiger partial charge in [-0.15, -0.1) is 0 Å². The molecule has 6 rings (SSSR count). The van der Waals surface area contributed by atoms with E-state index >= 15 is 0 Å². The molecule has 5 nitrogen and oxygen atoms in total. The number of benzene rings is 2. The van der Waals surface area contributed by atoms with Gasteiger partial charge >= 0.3 is 5.97 Å². The molecule has 0 atom stereocenters. The van der Waals surface area contributed by atoms with Crippen molar-refractivity contribution in [3.8, 4) is 16.9 Å². The average molecular weight is 420 g/mol. The summed E-state index contributed by atoms with van der Waals surface area (Å²) in [5, 5.41) is 17.9. The summed E-state index contributed by atoms with van der Waals surface area (Å²) in [6.07, 6.45) is 10.6. The minimum atomic E-state index is -0.947. The van der Waals surface area contributed by atoms with Crippen LogP contribution < -0.4 is 10.2 Å². The second kappa shape index (κ2) is 8.13. The predicted molar refractivity (Wildman–Crippen MR) is 119 cm³/mol. The van der Waals surface area contributed by atoms with Gasteiger partial charge in [-0.3, -0.25) is 0 Å². The van der Waals surface area contributed by atoms with Crippen LogP contribution in [0.1, 0.15) is 49.7 Å². The maximum absolute atomic E-state index is 10.7. The summed E-state index contributed by atoms with van der Waals surface area (Å²) < 4.78 is 5.91. The van der Waals surface area contributed by atoms with Gasteiger partial charge < -0.3 is 15.1 Å². The molecule has 4 fully saturated rings. The Kier molecular flexibility index (Phi) is 5.32. The molecule has 0 aliphatic heterocycles. The first kappa shape index (κ1) is 20.3. The largest absolute Gasteiger partial charge is 0.478 e. The van der Waals surface area contributed by atoms with Crippen LogP contribution in [0.3, 0.4) is 0 Å². The van der Waals surface area contributed by atoms with Gasteiger partial charge in [0.1, 0.15) is 5.75 Å². The van der Waals surface area contributed by atoms with Gasteiger partial charge in [-0.2, -0.15) is 5.48 Å². The maximum atomic E-state index is 10.7. The third-order valence-electron chi connectivity index (χ3n) is 7.54. The number of hydrogen-bond acceptors (Lipinski definition) is 4. The zero-order valence-electron chi connectivity index (χ0n) is 17.6. The van der Waals surface area contributed by atoms with Crippen molar-refractivity contribution in [3.05, 3.63) is 59.7 Å². The molecule has 3 N–H and O–H groups in total. The molecular weight excluding hydrogens is 390 g/mol. The summed E-state index contributed by atoms with van der Waals surface area (Å²) in [6, 6.07) is 14.4. The molecule has 4 aliphatic carbocycles. The molecule has 2 aromatic carbocycles. The first-order valence-electron chi connectivity index (χ1n) is 11.2. The molecule has 0 spiro atoms. The van der Waals surface area contributed by atoms with Crippen molar-refractivity contribution >= 4 is 12.0 Å². The monoisotopic (exact) mass is 419 g/mol. The number of ether oxygens (including phenoxy) is 1. The number of carbonyl (C=O) groups is 1. The molecule has 0 heterocycles. The molecule has 4 saturated carbocycles. The Balaban J connectivity index is 1.50. The van der Waals surface area contributed by atoms with E-state index in [1.165, 1.54) is 44.1 Å². The molecule has 2 aromatic rings. The molecule has 0 aromatic heterocycles. The lowest BCUT2D eigenvalue weighted by Crippen LogP contribution is -2.48. The number of aliphatic carboxylic acids is 1. The molecule has 0 saturated heterocycles. The number of hydroxylamine groups is 1. The topological polar surface area (TPSA) is 78.8 Å². The van der Waals surface area contributed by atoms with Gasteiger partial charge in [0.2, 0.25) is 0 Å². The molecule has 0 radical (unpaired) electrons. The summed E-state index contributed by atoms with van der Waals surface area (Å²) in [5.74, 6) is 2.42. The molecular formula is C26H29NO4. The van der Waals surface area contributed by atoms with Gasteiger partial charge in [0.05, 0.1) is 0 Å². The van der Waals surface area contributed by atoms with Crippen molar-refractivity contribution in [1.82, 2.24) is 5.48 Å². The number of nitrogens with one attached hydrogen (secondary N) is 1. The average Bonchev–Trinajstić information content (AvgIpc) is 2.75. The van der Waals surface area contributed by atoms with Crippen LogP contribution >= 0.6 is 0 Å². The van der Waals surface area contributed by atoms with E-state index in [0.29, 0.717) is 0 Å². The highest BCUT2D eigenvalue weighted by molar-refractivity contribution is 5.85. The standard InChI is InChI=1S/C26H29NO4/c28-25(29)8-3-17-1-4-21(5-2-17)22-6-7-24(31-16-27-30)23(12-22)26-13-18-9-19(14-26)11-20(10-18)15-26/h1-8,12,18-20,27,30H,9-11,13-16H2,(H,28,29). The van der Waals surface area contributed by atoms with E-state index in [0.717, 1.165) is 46.3 Å². The summed E-state index contributed by atoms with van der Waals surface area (Å²) in [4.78, 5) is 10.7. The van der Waals surface area contributed by atoms with Crippen LogP contribution in [0.25, 0.3) is 17.2 Å². The van der Waals surface area contributed by atoms with E-state index in [2.05, 4.69) is 17.6 Å². The summed E-state index contributed by atoms with van der Waals surface area (Å²) >= 11 is 0. The second-order valence-electron chi connectivity index (χ2n) is 9.65. The van der Waals surface area contributed by atoms with Crippen LogP contribution in [0.4, 0.5) is 0 Å². The molecule has 4 bridgehead atoms. The Morgan fingerprint density at radius 3 is 2.19 bits per heavy atom. The quantitative estimate of drug-likeness (QED) is 0.325. The minimum absolute atomic E-state index is 0.0727. The molecule has 4 aliphatic rings. The van der Waals surface area contributed by atoms with Crippen LogP contribution in [0.2, 0.25) is 0 Å². The van der Waals surface area contributed by atoms with Crippen molar-refractivity contribution in [2.24, 2.45) is 17.8 Å². The highest BCUT2D eigenvalue weighted by Crippen LogP contribution is 2.62. The van der Waals surface area contributed by atoms with Crippen LogP contribution in [-0.4, -0.2) is 23.0 Å². The van der Waals surface area contributed by atoms with Gasteiger partial charge in [0.25, 0.3) is 0 Å². The van der Waals surface area contributed by atoms with Crippen molar-refractivity contribution in [1.29, 1.82) is 0 Å². The first-order chi connectivity index (χ1) is 15.0. The van der Waals surface area contributed by atoms with Crippen LogP contribution in [-0.2, 0) is 10.2 Å². The molecule has 31 heavy (non-hydrogen) atoms. The predicted octanol–water partition coefficient (Wildman–Crippen LogP) is 5.23. The van der Waals surface area contributed by atoms with Crippen LogP contribution in [0.15, 0.2) is 48.5 Å². The molecule has 162 valence electrons. The van der Waals surface area contributed by atoms with E-state index in [4.69, 9.17) is 15.1 Å². The lowest BCUT2D eigenvalue weighted by Gasteiger charge is -2.57. The Morgan fingerprint density at radius 1 is 1.00 bits per heavy atom. The normalized spacial score (nSPS) is 28.9. The summed E-state index contributed by atoms with van der Waals surface area (Å²) in [7, 11) is 0. The lowest BCUT2D eigenvalue weighted by atomic mass is 9.48. The zero-order valence-corrected chi connectivity index (χ0v) is 17.6. The van der Waals surface area contributed by atoms with Crippen molar-refractivity contribution in [3.63, 3.8) is 0 Å². The zero-order chi connectivity index (χ0) is 21.4. The van der Waals surface area contributed by atoms with E-state index in [9.17, 15) is 4.79 Å². The first-order valence-corrected chi connectivity index (χ1v) is 11.2. The number of rotatable bonds is 7. The van der Waals surface area contributed by atoms with Crippen molar-refractivity contribution in [2.75, 3.05) is 6.73 Å². The van der Waals surface area contributed by atoms with Gasteiger partial charge in [-0.1, -0.05) is 30.3 Å². The van der Waals surface area contributed by atoms with Crippen molar-refractivity contribution < 1.29 is 19.8 Å².